The van der Waals surface area contributed by atoms with Gasteiger partial charge in [-0.15, -0.1) is 0 Å². The fourth-order valence-electron chi connectivity index (χ4n) is 3.56. The average Bonchev–Trinajstić information content (AvgIpc) is 2.67. The second-order valence-corrected chi connectivity index (χ2v) is 6.78. The van der Waals surface area contributed by atoms with Crippen LogP contribution in [0.1, 0.15) is 34.6 Å². The Morgan fingerprint density at radius 2 is 2.00 bits per heavy atom. The van der Waals surface area contributed by atoms with Crippen LogP contribution in [-0.4, -0.2) is 43.0 Å². The van der Waals surface area contributed by atoms with E-state index in [1.807, 2.05) is 31.2 Å². The number of aromatic nitrogens is 1. The summed E-state index contributed by atoms with van der Waals surface area (Å²) in [7, 11) is 3.18. The standard InChI is InChI=1S/C21H26N2O3/c1-15-6-4-8-18(22-15)14-23-11-5-7-17(13-23)21(24)16-9-10-19(25-2)20(12-16)26-3/h4,6,8-10,12,17H,5,7,11,13-14H2,1-3H3/t17-/m1/s1. The summed E-state index contributed by atoms with van der Waals surface area (Å²) in [4.78, 5) is 19.9. The Hall–Kier alpha value is -2.40. The Balaban J connectivity index is 1.70. The zero-order valence-electron chi connectivity index (χ0n) is 15.7. The average molecular weight is 354 g/mol. The monoisotopic (exact) mass is 354 g/mol. The van der Waals surface area contributed by atoms with Crippen LogP contribution in [0, 0.1) is 12.8 Å². The number of carbonyl (C=O) groups is 1. The maximum atomic E-state index is 13.0. The zero-order valence-corrected chi connectivity index (χ0v) is 15.7. The summed E-state index contributed by atoms with van der Waals surface area (Å²) in [6.07, 6.45) is 1.94. The van der Waals surface area contributed by atoms with Crippen molar-refractivity contribution in [1.29, 1.82) is 0 Å². The third-order valence-electron chi connectivity index (χ3n) is 4.88. The van der Waals surface area contributed by atoms with Crippen LogP contribution in [0.2, 0.25) is 0 Å². The minimum Gasteiger partial charge on any atom is -0.493 e. The Kier molecular flexibility index (Phi) is 5.89. The number of aryl methyl sites for hydroxylation is 1. The van der Waals surface area contributed by atoms with Gasteiger partial charge in [-0.25, -0.2) is 0 Å². The van der Waals surface area contributed by atoms with Gasteiger partial charge in [0, 0.05) is 30.3 Å². The van der Waals surface area contributed by atoms with Crippen molar-refractivity contribution < 1.29 is 14.3 Å². The lowest BCUT2D eigenvalue weighted by atomic mass is 9.89. The summed E-state index contributed by atoms with van der Waals surface area (Å²) in [5.74, 6) is 1.41. The van der Waals surface area contributed by atoms with Gasteiger partial charge in [0.1, 0.15) is 0 Å². The van der Waals surface area contributed by atoms with Crippen LogP contribution in [0.25, 0.3) is 0 Å². The molecule has 0 saturated carbocycles. The number of ether oxygens (including phenoxy) is 2. The highest BCUT2D eigenvalue weighted by atomic mass is 16.5. The summed E-state index contributed by atoms with van der Waals surface area (Å²) in [6.45, 7) is 4.56. The van der Waals surface area contributed by atoms with Gasteiger partial charge in [0.2, 0.25) is 0 Å². The number of pyridine rings is 1. The molecule has 1 aliphatic heterocycles. The molecule has 0 bridgehead atoms. The first-order chi connectivity index (χ1) is 12.6. The molecule has 0 N–H and O–H groups in total. The van der Waals surface area contributed by atoms with Crippen LogP contribution in [-0.2, 0) is 6.54 Å². The van der Waals surface area contributed by atoms with Crippen LogP contribution in [0.4, 0.5) is 0 Å². The van der Waals surface area contributed by atoms with Crippen molar-refractivity contribution in [1.82, 2.24) is 9.88 Å². The topological polar surface area (TPSA) is 51.7 Å². The van der Waals surface area contributed by atoms with E-state index in [9.17, 15) is 4.79 Å². The Bertz CT molecular complexity index is 776. The SMILES string of the molecule is COc1ccc(C(=O)[C@@H]2CCCN(Cc3cccc(C)n3)C2)cc1OC. The normalized spacial score (nSPS) is 17.7. The summed E-state index contributed by atoms with van der Waals surface area (Å²) in [5.41, 5.74) is 2.77. The number of methoxy groups -OCH3 is 2. The summed E-state index contributed by atoms with van der Waals surface area (Å²) >= 11 is 0. The van der Waals surface area contributed by atoms with E-state index in [1.54, 1.807) is 26.4 Å². The van der Waals surface area contributed by atoms with Crippen molar-refractivity contribution in [3.63, 3.8) is 0 Å². The molecule has 138 valence electrons. The number of hydrogen-bond acceptors (Lipinski definition) is 5. The molecule has 0 amide bonds. The maximum Gasteiger partial charge on any atom is 0.167 e. The summed E-state index contributed by atoms with van der Waals surface area (Å²) in [5, 5.41) is 0. The lowest BCUT2D eigenvalue weighted by Gasteiger charge is -2.31. The molecule has 1 aromatic heterocycles. The molecular weight excluding hydrogens is 328 g/mol. The molecule has 5 heteroatoms. The molecule has 3 rings (SSSR count). The highest BCUT2D eigenvalue weighted by molar-refractivity contribution is 5.98. The van der Waals surface area contributed by atoms with Gasteiger partial charge in [-0.2, -0.15) is 0 Å². The number of benzene rings is 1. The van der Waals surface area contributed by atoms with Crippen LogP contribution in [0.5, 0.6) is 11.5 Å². The molecule has 5 nitrogen and oxygen atoms in total. The largest absolute Gasteiger partial charge is 0.493 e. The van der Waals surface area contributed by atoms with Crippen LogP contribution >= 0.6 is 0 Å². The fraction of sp³-hybridized carbons (Fsp3) is 0.429. The summed E-state index contributed by atoms with van der Waals surface area (Å²) < 4.78 is 10.6. The van der Waals surface area contributed by atoms with E-state index in [-0.39, 0.29) is 11.7 Å². The van der Waals surface area contributed by atoms with Crippen molar-refractivity contribution in [2.75, 3.05) is 27.3 Å². The lowest BCUT2D eigenvalue weighted by Crippen LogP contribution is -2.38. The lowest BCUT2D eigenvalue weighted by molar-refractivity contribution is 0.0809. The molecule has 0 aliphatic carbocycles. The predicted octanol–water partition coefficient (Wildman–Crippen LogP) is 3.50. The molecule has 2 heterocycles. The highest BCUT2D eigenvalue weighted by Gasteiger charge is 2.27. The second kappa shape index (κ2) is 8.32. The fourth-order valence-corrected chi connectivity index (χ4v) is 3.56. The number of rotatable bonds is 6. The number of likely N-dealkylation sites (tertiary alicyclic amines) is 1. The van der Waals surface area contributed by atoms with E-state index in [0.717, 1.165) is 43.9 Å². The van der Waals surface area contributed by atoms with E-state index in [2.05, 4.69) is 9.88 Å². The van der Waals surface area contributed by atoms with Gasteiger partial charge < -0.3 is 9.47 Å². The molecule has 2 aromatic rings. The molecule has 1 fully saturated rings. The molecule has 1 saturated heterocycles. The van der Waals surface area contributed by atoms with E-state index in [4.69, 9.17) is 9.47 Å². The first-order valence-corrected chi connectivity index (χ1v) is 9.02. The van der Waals surface area contributed by atoms with E-state index in [1.165, 1.54) is 0 Å². The number of ketones is 1. The van der Waals surface area contributed by atoms with Gasteiger partial charge in [0.05, 0.1) is 19.9 Å². The second-order valence-electron chi connectivity index (χ2n) is 6.78. The van der Waals surface area contributed by atoms with Gasteiger partial charge in [-0.1, -0.05) is 6.07 Å². The third-order valence-corrected chi connectivity index (χ3v) is 4.88. The van der Waals surface area contributed by atoms with Crippen molar-refractivity contribution in [2.24, 2.45) is 5.92 Å². The Labute approximate surface area is 155 Å². The van der Waals surface area contributed by atoms with E-state index >= 15 is 0 Å². The number of Topliss-reactive ketones (excluding diaryl/α,β-unsaturated/α-hetero) is 1. The Morgan fingerprint density at radius 3 is 2.73 bits per heavy atom. The van der Waals surface area contributed by atoms with Crippen LogP contribution in [0.3, 0.4) is 0 Å². The smallest absolute Gasteiger partial charge is 0.167 e. The molecule has 0 unspecified atom stereocenters. The first kappa shape index (κ1) is 18.4. The number of nitrogens with zero attached hydrogens (tertiary/aromatic N) is 2. The maximum absolute atomic E-state index is 13.0. The predicted molar refractivity (Wildman–Crippen MR) is 101 cm³/mol. The molecule has 26 heavy (non-hydrogen) atoms. The van der Waals surface area contributed by atoms with Crippen LogP contribution < -0.4 is 9.47 Å². The van der Waals surface area contributed by atoms with Gasteiger partial charge >= 0.3 is 0 Å². The quantitative estimate of drug-likeness (QED) is 0.743. The van der Waals surface area contributed by atoms with E-state index < -0.39 is 0 Å². The highest BCUT2D eigenvalue weighted by Crippen LogP contribution is 2.30. The van der Waals surface area contributed by atoms with Gasteiger partial charge in [-0.05, 0) is 56.6 Å². The minimum atomic E-state index is 0.00617. The molecule has 0 radical (unpaired) electrons. The van der Waals surface area contributed by atoms with Gasteiger partial charge in [0.15, 0.2) is 17.3 Å². The number of piperidine rings is 1. The first-order valence-electron chi connectivity index (χ1n) is 9.02. The molecule has 1 atom stereocenters. The van der Waals surface area contributed by atoms with Gasteiger partial charge in [-0.3, -0.25) is 14.7 Å². The molecule has 0 spiro atoms. The summed E-state index contributed by atoms with van der Waals surface area (Å²) in [6, 6.07) is 11.5. The molecule has 1 aliphatic rings. The number of carbonyl (C=O) groups excluding carboxylic acids is 1. The zero-order chi connectivity index (χ0) is 18.5. The van der Waals surface area contributed by atoms with Crippen LogP contribution in [0.15, 0.2) is 36.4 Å². The Morgan fingerprint density at radius 1 is 1.19 bits per heavy atom. The number of hydrogen-bond donors (Lipinski definition) is 0. The van der Waals surface area contributed by atoms with Crippen molar-refractivity contribution >= 4 is 5.78 Å². The van der Waals surface area contributed by atoms with Crippen molar-refractivity contribution in [3.05, 3.63) is 53.3 Å². The third kappa shape index (κ3) is 4.22. The van der Waals surface area contributed by atoms with Gasteiger partial charge in [0.25, 0.3) is 0 Å². The minimum absolute atomic E-state index is 0.00617. The van der Waals surface area contributed by atoms with E-state index in [0.29, 0.717) is 17.1 Å². The molecular formula is C21H26N2O3. The van der Waals surface area contributed by atoms with Crippen molar-refractivity contribution in [3.8, 4) is 11.5 Å². The molecule has 1 aromatic carbocycles. The van der Waals surface area contributed by atoms with Crippen molar-refractivity contribution in [2.45, 2.75) is 26.3 Å².